The number of phenols is 1. The molecule has 1 aromatic heterocycles. The molecule has 0 spiro atoms. The van der Waals surface area contributed by atoms with Crippen molar-refractivity contribution in [3.63, 3.8) is 0 Å². The monoisotopic (exact) mass is 368 g/mol. The fourth-order valence-electron chi connectivity index (χ4n) is 2.48. The molecule has 25 heavy (non-hydrogen) atoms. The second-order valence-electron chi connectivity index (χ2n) is 4.91. The first-order valence-corrected chi connectivity index (χ1v) is 8.13. The van der Waals surface area contributed by atoms with Gasteiger partial charge in [-0.1, -0.05) is 6.07 Å². The van der Waals surface area contributed by atoms with Gasteiger partial charge >= 0.3 is 10.4 Å². The summed E-state index contributed by atoms with van der Waals surface area (Å²) in [6.45, 7) is 0. The van der Waals surface area contributed by atoms with Crippen LogP contribution in [0.1, 0.15) is 0 Å². The molecule has 3 aromatic rings. The summed E-state index contributed by atoms with van der Waals surface area (Å²) in [6.07, 6.45) is 0. The number of benzene rings is 2. The zero-order chi connectivity index (χ0) is 18.4. The molecule has 10 heteroatoms. The third-order valence-electron chi connectivity index (χ3n) is 3.47. The molecule has 0 radical (unpaired) electrons. The first-order chi connectivity index (χ1) is 11.8. The van der Waals surface area contributed by atoms with Crippen molar-refractivity contribution < 1.29 is 36.2 Å². The molecule has 0 atom stereocenters. The van der Waals surface area contributed by atoms with Crippen LogP contribution in [0.25, 0.3) is 21.9 Å². The van der Waals surface area contributed by atoms with Crippen molar-refractivity contribution >= 4 is 32.3 Å². The van der Waals surface area contributed by atoms with Gasteiger partial charge in [0.05, 0.1) is 19.6 Å². The summed E-state index contributed by atoms with van der Waals surface area (Å²) >= 11 is 0. The summed E-state index contributed by atoms with van der Waals surface area (Å²) in [4.78, 5) is 12.7. The van der Waals surface area contributed by atoms with Crippen molar-refractivity contribution in [2.45, 2.75) is 0 Å². The molecule has 2 aromatic carbocycles. The summed E-state index contributed by atoms with van der Waals surface area (Å²) in [5.41, 5.74) is -0.946. The molecule has 0 amide bonds. The van der Waals surface area contributed by atoms with E-state index in [-0.39, 0.29) is 39.2 Å². The summed E-state index contributed by atoms with van der Waals surface area (Å²) in [6, 6.07) is 5.20. The highest BCUT2D eigenvalue weighted by Gasteiger charge is 2.22. The fourth-order valence-corrected chi connectivity index (χ4v) is 2.83. The third-order valence-corrected chi connectivity index (χ3v) is 3.86. The van der Waals surface area contributed by atoms with Crippen LogP contribution in [0.4, 0.5) is 0 Å². The predicted molar refractivity (Wildman–Crippen MR) is 86.9 cm³/mol. The summed E-state index contributed by atoms with van der Waals surface area (Å²) in [7, 11) is -2.20. The first kappa shape index (κ1) is 16.9. The Hall–Kier alpha value is -2.98. The van der Waals surface area contributed by atoms with E-state index in [1.54, 1.807) is 0 Å². The Morgan fingerprint density at radius 1 is 1.12 bits per heavy atom. The number of hydrogen-bond donors (Lipinski definition) is 2. The Balaban J connectivity index is 2.47. The van der Waals surface area contributed by atoms with Crippen LogP contribution in [-0.4, -0.2) is 32.3 Å². The van der Waals surface area contributed by atoms with Crippen molar-refractivity contribution in [1.82, 2.24) is 0 Å². The Bertz CT molecular complexity index is 1150. The predicted octanol–water partition coefficient (Wildman–Crippen LogP) is 1.85. The van der Waals surface area contributed by atoms with Crippen LogP contribution in [0.15, 0.2) is 33.5 Å². The molecule has 1 heterocycles. The van der Waals surface area contributed by atoms with Gasteiger partial charge in [-0.3, -0.25) is 9.35 Å². The average molecular weight is 368 g/mol. The van der Waals surface area contributed by atoms with Crippen molar-refractivity contribution in [3.05, 3.63) is 34.5 Å². The molecule has 132 valence electrons. The number of ether oxygens (including phenoxy) is 2. The van der Waals surface area contributed by atoms with Gasteiger partial charge in [0.25, 0.3) is 0 Å². The Kier molecular flexibility index (Phi) is 3.93. The number of phenolic OH excluding ortho intramolecular Hbond substituents is 1. The van der Waals surface area contributed by atoms with Gasteiger partial charge in [0.1, 0.15) is 11.0 Å². The second-order valence-corrected chi connectivity index (χ2v) is 5.93. The normalized spacial score (nSPS) is 11.6. The van der Waals surface area contributed by atoms with E-state index in [9.17, 15) is 18.3 Å². The lowest BCUT2D eigenvalue weighted by Crippen LogP contribution is -2.09. The smallest absolute Gasteiger partial charge is 0.446 e. The van der Waals surface area contributed by atoms with Crippen molar-refractivity contribution in [1.29, 1.82) is 0 Å². The van der Waals surface area contributed by atoms with E-state index in [2.05, 4.69) is 4.18 Å². The molecule has 0 unspecified atom stereocenters. The van der Waals surface area contributed by atoms with E-state index in [4.69, 9.17) is 18.4 Å². The minimum Gasteiger partial charge on any atom is -0.504 e. The van der Waals surface area contributed by atoms with E-state index in [1.165, 1.54) is 38.5 Å². The molecule has 2 N–H and O–H groups in total. The van der Waals surface area contributed by atoms with Crippen LogP contribution >= 0.6 is 0 Å². The lowest BCUT2D eigenvalue weighted by Gasteiger charge is -2.12. The van der Waals surface area contributed by atoms with Gasteiger partial charge in [-0.05, 0) is 12.1 Å². The topological polar surface area (TPSA) is 133 Å². The third kappa shape index (κ3) is 2.81. The van der Waals surface area contributed by atoms with Crippen LogP contribution in [0.2, 0.25) is 0 Å². The van der Waals surface area contributed by atoms with E-state index in [1.807, 2.05) is 0 Å². The van der Waals surface area contributed by atoms with Gasteiger partial charge in [-0.2, -0.15) is 8.42 Å². The molecule has 0 bridgehead atoms. The number of methoxy groups -OCH3 is 2. The van der Waals surface area contributed by atoms with Gasteiger partial charge in [-0.25, -0.2) is 0 Å². The van der Waals surface area contributed by atoms with Gasteiger partial charge in [0.2, 0.25) is 11.2 Å². The zero-order valence-electron chi connectivity index (χ0n) is 13.0. The Labute approximate surface area is 140 Å². The summed E-state index contributed by atoms with van der Waals surface area (Å²) in [5.74, 6) is -0.808. The number of rotatable bonds is 4. The molecule has 9 nitrogen and oxygen atoms in total. The standard InChI is InChI=1S/C15H12O9S/c1-21-10-6-9-11(13(17)15(10)22-2)12(16)7-4-3-5-8(14(7)23-9)24-25(18,19)20/h3-6,17H,1-2H3,(H,18,19,20). The Morgan fingerprint density at radius 2 is 1.84 bits per heavy atom. The highest BCUT2D eigenvalue weighted by atomic mass is 32.3. The Morgan fingerprint density at radius 3 is 2.44 bits per heavy atom. The number of fused-ring (bicyclic) bond motifs is 2. The molecule has 0 aliphatic carbocycles. The van der Waals surface area contributed by atoms with Gasteiger partial charge in [0.15, 0.2) is 22.8 Å². The maximum Gasteiger partial charge on any atom is 0.446 e. The maximum absolute atomic E-state index is 12.7. The number of hydrogen-bond acceptors (Lipinski definition) is 8. The van der Waals surface area contributed by atoms with Crippen LogP contribution in [0.5, 0.6) is 23.0 Å². The SMILES string of the molecule is COc1cc2oc3c(OS(=O)(=O)O)cccc3c(=O)c2c(O)c1OC. The van der Waals surface area contributed by atoms with Crippen molar-refractivity contribution in [3.8, 4) is 23.0 Å². The molecule has 3 rings (SSSR count). The molecule has 0 fully saturated rings. The molecule has 0 saturated carbocycles. The molecular formula is C15H12O9S. The van der Waals surface area contributed by atoms with E-state index in [0.717, 1.165) is 0 Å². The van der Waals surface area contributed by atoms with Crippen LogP contribution in [-0.2, 0) is 10.4 Å². The number of para-hydroxylation sites is 1. The zero-order valence-corrected chi connectivity index (χ0v) is 13.8. The van der Waals surface area contributed by atoms with Gasteiger partial charge in [-0.15, -0.1) is 0 Å². The van der Waals surface area contributed by atoms with Crippen LogP contribution in [0.3, 0.4) is 0 Å². The lowest BCUT2D eigenvalue weighted by molar-refractivity contribution is 0.334. The number of aromatic hydroxyl groups is 1. The molecule has 0 aliphatic rings. The summed E-state index contributed by atoms with van der Waals surface area (Å²) < 4.78 is 50.9. The van der Waals surface area contributed by atoms with Crippen LogP contribution < -0.4 is 19.1 Å². The minimum atomic E-state index is -4.82. The summed E-state index contributed by atoms with van der Waals surface area (Å²) in [5, 5.41) is 10.1. The van der Waals surface area contributed by atoms with Gasteiger partial charge < -0.3 is 23.2 Å². The van der Waals surface area contributed by atoms with Crippen LogP contribution in [0, 0.1) is 0 Å². The fraction of sp³-hybridized carbons (Fsp3) is 0.133. The average Bonchev–Trinajstić information content (AvgIpc) is 2.54. The molecule has 0 aliphatic heterocycles. The minimum absolute atomic E-state index is 0.0491. The van der Waals surface area contributed by atoms with Crippen molar-refractivity contribution in [2.24, 2.45) is 0 Å². The second kappa shape index (κ2) is 5.83. The van der Waals surface area contributed by atoms with E-state index in [0.29, 0.717) is 0 Å². The highest BCUT2D eigenvalue weighted by Crippen LogP contribution is 2.42. The quantitative estimate of drug-likeness (QED) is 0.523. The lowest BCUT2D eigenvalue weighted by atomic mass is 10.1. The van der Waals surface area contributed by atoms with Gasteiger partial charge in [0, 0.05) is 6.07 Å². The largest absolute Gasteiger partial charge is 0.504 e. The highest BCUT2D eigenvalue weighted by molar-refractivity contribution is 7.81. The maximum atomic E-state index is 12.7. The first-order valence-electron chi connectivity index (χ1n) is 6.77. The van der Waals surface area contributed by atoms with E-state index < -0.39 is 21.6 Å². The molecule has 0 saturated heterocycles. The van der Waals surface area contributed by atoms with E-state index >= 15 is 0 Å². The van der Waals surface area contributed by atoms with Crippen molar-refractivity contribution in [2.75, 3.05) is 14.2 Å². The molecular weight excluding hydrogens is 356 g/mol.